The minimum atomic E-state index is -0.502. The molecule has 0 fully saturated rings. The first-order valence-corrected chi connectivity index (χ1v) is 11.4. The van der Waals surface area contributed by atoms with Crippen LogP contribution in [0.3, 0.4) is 0 Å². The molecular formula is C24H25ClN2O2S. The average Bonchev–Trinajstić information content (AvgIpc) is 3.22. The number of allylic oxidation sites excluding steroid dienone is 1. The van der Waals surface area contributed by atoms with Crippen LogP contribution < -0.4 is 0 Å². The molecule has 6 heteroatoms. The fourth-order valence-electron chi connectivity index (χ4n) is 4.24. The summed E-state index contributed by atoms with van der Waals surface area (Å²) < 4.78 is 5.35. The van der Waals surface area contributed by atoms with Gasteiger partial charge in [0, 0.05) is 10.7 Å². The van der Waals surface area contributed by atoms with E-state index >= 15 is 0 Å². The maximum Gasteiger partial charge on any atom is 0.346 e. The van der Waals surface area contributed by atoms with Crippen LogP contribution in [0.1, 0.15) is 44.9 Å². The number of halogens is 1. The minimum absolute atomic E-state index is 0.0935. The zero-order valence-corrected chi connectivity index (χ0v) is 19.1. The molecule has 2 aliphatic rings. The van der Waals surface area contributed by atoms with Crippen molar-refractivity contribution in [1.82, 2.24) is 4.90 Å². The lowest BCUT2D eigenvalue weighted by atomic mass is 9.81. The maximum absolute atomic E-state index is 12.7. The number of aliphatic imine (C=N–C) groups is 1. The molecule has 0 radical (unpaired) electrons. The Morgan fingerprint density at radius 2 is 1.87 bits per heavy atom. The summed E-state index contributed by atoms with van der Waals surface area (Å²) in [6, 6.07) is 18.2. The highest BCUT2D eigenvalue weighted by molar-refractivity contribution is 8.18. The molecule has 0 amide bonds. The Morgan fingerprint density at radius 1 is 1.20 bits per heavy atom. The average molecular weight is 441 g/mol. The van der Waals surface area contributed by atoms with E-state index in [0.29, 0.717) is 16.5 Å². The first-order valence-electron chi connectivity index (χ1n) is 10.2. The zero-order chi connectivity index (χ0) is 21.5. The first kappa shape index (κ1) is 21.0. The summed E-state index contributed by atoms with van der Waals surface area (Å²) >= 11 is 7.60. The Hall–Kier alpha value is -2.24. The highest BCUT2D eigenvalue weighted by Gasteiger charge is 2.53. The highest BCUT2D eigenvalue weighted by Crippen LogP contribution is 2.56. The SMILES string of the molecule is CCOC(=O)C1=C(C(C)C)N2C(=NC(C)(c3ccccc3)C2c2ccc(Cl)cc2)S1. The second-order valence-electron chi connectivity index (χ2n) is 7.92. The molecule has 4 nitrogen and oxygen atoms in total. The lowest BCUT2D eigenvalue weighted by Gasteiger charge is -2.37. The Morgan fingerprint density at radius 3 is 2.47 bits per heavy atom. The van der Waals surface area contributed by atoms with Crippen LogP contribution in [0, 0.1) is 5.92 Å². The van der Waals surface area contributed by atoms with Gasteiger partial charge in [-0.1, -0.05) is 67.9 Å². The lowest BCUT2D eigenvalue weighted by molar-refractivity contribution is -0.137. The van der Waals surface area contributed by atoms with Crippen LogP contribution in [0.15, 0.2) is 70.2 Å². The van der Waals surface area contributed by atoms with Gasteiger partial charge in [0.05, 0.1) is 12.6 Å². The fourth-order valence-corrected chi connectivity index (χ4v) is 5.67. The molecule has 0 N–H and O–H groups in total. The van der Waals surface area contributed by atoms with Gasteiger partial charge in [-0.25, -0.2) is 9.79 Å². The first-order chi connectivity index (χ1) is 14.4. The van der Waals surface area contributed by atoms with Gasteiger partial charge >= 0.3 is 5.97 Å². The van der Waals surface area contributed by atoms with Crippen molar-refractivity contribution >= 4 is 34.5 Å². The maximum atomic E-state index is 12.7. The standard InChI is InChI=1S/C24H25ClN2O2S/c1-5-29-22(28)20-19(15(2)3)27-21(16-11-13-18(25)14-12-16)24(4,26-23(27)30-20)17-9-7-6-8-10-17/h6-15,21H,5H2,1-4H3. The van der Waals surface area contributed by atoms with Crippen molar-refractivity contribution in [3.8, 4) is 0 Å². The van der Waals surface area contributed by atoms with Gasteiger partial charge in [-0.05, 0) is 54.8 Å². The number of benzene rings is 2. The van der Waals surface area contributed by atoms with Crippen molar-refractivity contribution in [3.63, 3.8) is 0 Å². The number of rotatable bonds is 5. The second-order valence-corrected chi connectivity index (χ2v) is 9.34. The Kier molecular flexibility index (Phi) is 5.69. The van der Waals surface area contributed by atoms with Gasteiger partial charge in [-0.2, -0.15) is 0 Å². The third kappa shape index (κ3) is 3.44. The minimum Gasteiger partial charge on any atom is -0.462 e. The molecule has 2 atom stereocenters. The zero-order valence-electron chi connectivity index (χ0n) is 17.6. The molecule has 0 aliphatic carbocycles. The number of carbonyl (C=O) groups excluding carboxylic acids is 1. The number of amidine groups is 1. The van der Waals surface area contributed by atoms with Crippen LogP contribution in [0.25, 0.3) is 0 Å². The molecular weight excluding hydrogens is 416 g/mol. The number of fused-ring (bicyclic) bond motifs is 1. The van der Waals surface area contributed by atoms with Gasteiger partial charge in [0.25, 0.3) is 0 Å². The van der Waals surface area contributed by atoms with Crippen molar-refractivity contribution in [3.05, 3.63) is 81.3 Å². The summed E-state index contributed by atoms with van der Waals surface area (Å²) in [7, 11) is 0. The Bertz CT molecular complexity index is 1020. The van der Waals surface area contributed by atoms with Crippen molar-refractivity contribution < 1.29 is 9.53 Å². The van der Waals surface area contributed by atoms with E-state index in [1.807, 2.05) is 37.3 Å². The molecule has 0 bridgehead atoms. The Labute approximate surface area is 187 Å². The summed E-state index contributed by atoms with van der Waals surface area (Å²) in [6.07, 6.45) is 0. The van der Waals surface area contributed by atoms with E-state index in [2.05, 4.69) is 49.9 Å². The monoisotopic (exact) mass is 440 g/mol. The molecule has 4 rings (SSSR count). The van der Waals surface area contributed by atoms with E-state index in [0.717, 1.165) is 22.0 Å². The van der Waals surface area contributed by atoms with Crippen molar-refractivity contribution in [2.45, 2.75) is 39.3 Å². The van der Waals surface area contributed by atoms with E-state index < -0.39 is 5.54 Å². The third-order valence-electron chi connectivity index (χ3n) is 5.56. The largest absolute Gasteiger partial charge is 0.462 e. The van der Waals surface area contributed by atoms with E-state index in [9.17, 15) is 4.79 Å². The number of nitrogens with zero attached hydrogens (tertiary/aromatic N) is 2. The predicted molar refractivity (Wildman–Crippen MR) is 123 cm³/mol. The molecule has 0 saturated carbocycles. The number of ether oxygens (including phenoxy) is 1. The molecule has 30 heavy (non-hydrogen) atoms. The van der Waals surface area contributed by atoms with Gasteiger partial charge in [-0.3, -0.25) is 0 Å². The van der Waals surface area contributed by atoms with Crippen LogP contribution in [0.2, 0.25) is 5.02 Å². The molecule has 2 aromatic carbocycles. The van der Waals surface area contributed by atoms with E-state index in [-0.39, 0.29) is 17.9 Å². The summed E-state index contributed by atoms with van der Waals surface area (Å²) in [6.45, 7) is 8.55. The van der Waals surface area contributed by atoms with Crippen molar-refractivity contribution in [1.29, 1.82) is 0 Å². The van der Waals surface area contributed by atoms with Crippen LogP contribution in [-0.2, 0) is 15.1 Å². The molecule has 2 heterocycles. The van der Waals surface area contributed by atoms with Crippen molar-refractivity contribution in [2.75, 3.05) is 6.61 Å². The number of hydrogen-bond donors (Lipinski definition) is 0. The normalized spacial score (nSPS) is 23.1. The topological polar surface area (TPSA) is 41.9 Å². The number of carbonyl (C=O) groups is 1. The van der Waals surface area contributed by atoms with Crippen LogP contribution in [0.4, 0.5) is 0 Å². The van der Waals surface area contributed by atoms with Gasteiger partial charge < -0.3 is 9.64 Å². The van der Waals surface area contributed by atoms with E-state index in [1.54, 1.807) is 0 Å². The summed E-state index contributed by atoms with van der Waals surface area (Å²) in [5.74, 6) is -0.142. The van der Waals surface area contributed by atoms with Crippen LogP contribution in [-0.4, -0.2) is 22.6 Å². The molecule has 0 aromatic heterocycles. The Balaban J connectivity index is 1.89. The fraction of sp³-hybridized carbons (Fsp3) is 0.333. The smallest absolute Gasteiger partial charge is 0.346 e. The van der Waals surface area contributed by atoms with E-state index in [1.165, 1.54) is 11.8 Å². The van der Waals surface area contributed by atoms with Gasteiger partial charge in [-0.15, -0.1) is 0 Å². The number of hydrogen-bond acceptors (Lipinski definition) is 5. The van der Waals surface area contributed by atoms with Crippen LogP contribution >= 0.6 is 23.4 Å². The van der Waals surface area contributed by atoms with Crippen LogP contribution in [0.5, 0.6) is 0 Å². The third-order valence-corrected chi connectivity index (χ3v) is 6.86. The lowest BCUT2D eigenvalue weighted by Crippen LogP contribution is -2.36. The molecule has 2 aromatic rings. The summed E-state index contributed by atoms with van der Waals surface area (Å²) in [4.78, 5) is 20.8. The predicted octanol–water partition coefficient (Wildman–Crippen LogP) is 6.15. The molecule has 156 valence electrons. The van der Waals surface area contributed by atoms with Gasteiger partial charge in [0.2, 0.25) is 0 Å². The molecule has 2 aliphatic heterocycles. The number of thioether (sulfide) groups is 1. The molecule has 2 unspecified atom stereocenters. The summed E-state index contributed by atoms with van der Waals surface area (Å²) in [5, 5.41) is 1.54. The summed E-state index contributed by atoms with van der Waals surface area (Å²) in [5.41, 5.74) is 2.70. The van der Waals surface area contributed by atoms with Crippen molar-refractivity contribution in [2.24, 2.45) is 10.9 Å². The van der Waals surface area contributed by atoms with E-state index in [4.69, 9.17) is 21.3 Å². The van der Waals surface area contributed by atoms with Gasteiger partial charge in [0.1, 0.15) is 10.4 Å². The highest BCUT2D eigenvalue weighted by atomic mass is 35.5. The molecule has 0 saturated heterocycles. The number of esters is 1. The molecule has 0 spiro atoms. The second kappa shape index (κ2) is 8.12. The van der Waals surface area contributed by atoms with Gasteiger partial charge in [0.15, 0.2) is 5.17 Å². The quantitative estimate of drug-likeness (QED) is 0.523.